The van der Waals surface area contributed by atoms with Gasteiger partial charge >= 0.3 is 0 Å². The first-order valence-corrected chi connectivity index (χ1v) is 7.34. The highest BCUT2D eigenvalue weighted by Crippen LogP contribution is 2.39. The maximum atomic E-state index is 12.2. The summed E-state index contributed by atoms with van der Waals surface area (Å²) in [5.74, 6) is 0.999. The van der Waals surface area contributed by atoms with Gasteiger partial charge in [0.05, 0.1) is 6.42 Å². The summed E-state index contributed by atoms with van der Waals surface area (Å²) in [7, 11) is 0. The maximum Gasteiger partial charge on any atom is 0.227 e. The van der Waals surface area contributed by atoms with E-state index in [0.717, 1.165) is 37.4 Å². The summed E-state index contributed by atoms with van der Waals surface area (Å²) < 4.78 is 0. The van der Waals surface area contributed by atoms with Gasteiger partial charge in [0, 0.05) is 19.1 Å². The first-order chi connectivity index (χ1) is 9.22. The molecule has 0 aromatic heterocycles. The molecule has 4 heteroatoms. The SMILES string of the molecule is Cl.NC1CCCN(C(=O)Cc2ccc(C3CC3)cc2)C1. The van der Waals surface area contributed by atoms with Crippen molar-refractivity contribution < 1.29 is 4.79 Å². The minimum atomic E-state index is 0. The van der Waals surface area contributed by atoms with Crippen LogP contribution in [0.25, 0.3) is 0 Å². The van der Waals surface area contributed by atoms with E-state index < -0.39 is 0 Å². The molecular weight excluding hydrogens is 272 g/mol. The summed E-state index contributed by atoms with van der Waals surface area (Å²) in [6.45, 7) is 1.59. The van der Waals surface area contributed by atoms with Gasteiger partial charge in [0.25, 0.3) is 0 Å². The second-order valence-corrected chi connectivity index (χ2v) is 5.93. The van der Waals surface area contributed by atoms with E-state index in [0.29, 0.717) is 6.42 Å². The standard InChI is InChI=1S/C16H22N2O.ClH/c17-15-2-1-9-18(11-15)16(19)10-12-3-5-13(6-4-12)14-7-8-14;/h3-6,14-15H,1-2,7-11,17H2;1H. The number of carbonyl (C=O) groups is 1. The van der Waals surface area contributed by atoms with Crippen LogP contribution in [0.15, 0.2) is 24.3 Å². The van der Waals surface area contributed by atoms with Gasteiger partial charge in [-0.25, -0.2) is 0 Å². The quantitative estimate of drug-likeness (QED) is 0.931. The Balaban J connectivity index is 0.00000147. The minimum Gasteiger partial charge on any atom is -0.341 e. The molecule has 0 spiro atoms. The van der Waals surface area contributed by atoms with Crippen molar-refractivity contribution >= 4 is 18.3 Å². The Kier molecular flexibility index (Phi) is 5.06. The third kappa shape index (κ3) is 3.74. The molecule has 20 heavy (non-hydrogen) atoms. The molecule has 1 aliphatic heterocycles. The van der Waals surface area contributed by atoms with Crippen LogP contribution in [0.1, 0.15) is 42.7 Å². The highest BCUT2D eigenvalue weighted by atomic mass is 35.5. The van der Waals surface area contributed by atoms with Gasteiger partial charge in [-0.1, -0.05) is 24.3 Å². The monoisotopic (exact) mass is 294 g/mol. The molecule has 1 atom stereocenters. The molecular formula is C16H23ClN2O. The number of halogens is 1. The van der Waals surface area contributed by atoms with E-state index in [2.05, 4.69) is 24.3 Å². The highest BCUT2D eigenvalue weighted by molar-refractivity contribution is 5.85. The van der Waals surface area contributed by atoms with E-state index in [9.17, 15) is 4.79 Å². The van der Waals surface area contributed by atoms with Crippen LogP contribution < -0.4 is 5.73 Å². The number of carbonyl (C=O) groups excluding carboxylic acids is 1. The normalized spacial score (nSPS) is 22.2. The summed E-state index contributed by atoms with van der Waals surface area (Å²) in [6.07, 6.45) is 5.24. The van der Waals surface area contributed by atoms with E-state index in [1.165, 1.54) is 18.4 Å². The average Bonchev–Trinajstić information content (AvgIpc) is 3.24. The fourth-order valence-corrected chi connectivity index (χ4v) is 2.85. The van der Waals surface area contributed by atoms with Gasteiger partial charge in [0.15, 0.2) is 0 Å². The van der Waals surface area contributed by atoms with Gasteiger partial charge in [-0.3, -0.25) is 4.79 Å². The zero-order chi connectivity index (χ0) is 13.2. The third-order valence-electron chi connectivity index (χ3n) is 4.19. The lowest BCUT2D eigenvalue weighted by molar-refractivity contribution is -0.131. The van der Waals surface area contributed by atoms with Crippen molar-refractivity contribution in [1.29, 1.82) is 0 Å². The number of amides is 1. The van der Waals surface area contributed by atoms with Gasteiger partial charge in [-0.2, -0.15) is 0 Å². The number of nitrogens with zero attached hydrogens (tertiary/aromatic N) is 1. The van der Waals surface area contributed by atoms with Crippen LogP contribution in [0.3, 0.4) is 0 Å². The second kappa shape index (κ2) is 6.59. The lowest BCUT2D eigenvalue weighted by Gasteiger charge is -2.30. The predicted octanol–water partition coefficient (Wildman–Crippen LogP) is 2.48. The van der Waals surface area contributed by atoms with E-state index in [4.69, 9.17) is 5.73 Å². The second-order valence-electron chi connectivity index (χ2n) is 5.93. The summed E-state index contributed by atoms with van der Waals surface area (Å²) in [6, 6.07) is 8.74. The average molecular weight is 295 g/mol. The lowest BCUT2D eigenvalue weighted by Crippen LogP contribution is -2.46. The molecule has 3 rings (SSSR count). The lowest BCUT2D eigenvalue weighted by atomic mass is 10.0. The Bertz CT molecular complexity index is 456. The number of rotatable bonds is 3. The van der Waals surface area contributed by atoms with E-state index in [-0.39, 0.29) is 24.4 Å². The molecule has 110 valence electrons. The van der Waals surface area contributed by atoms with Gasteiger partial charge in [-0.05, 0) is 42.7 Å². The Morgan fingerprint density at radius 2 is 1.90 bits per heavy atom. The summed E-state index contributed by atoms with van der Waals surface area (Å²) in [5, 5.41) is 0. The Hall–Kier alpha value is -1.06. The Morgan fingerprint density at radius 3 is 2.50 bits per heavy atom. The Labute approximate surface area is 126 Å². The summed E-state index contributed by atoms with van der Waals surface area (Å²) in [5.41, 5.74) is 8.47. The molecule has 1 amide bonds. The molecule has 3 nitrogen and oxygen atoms in total. The first-order valence-electron chi connectivity index (χ1n) is 7.34. The number of nitrogens with two attached hydrogens (primary N) is 1. The molecule has 1 heterocycles. The minimum absolute atomic E-state index is 0. The van der Waals surface area contributed by atoms with Crippen LogP contribution in [-0.4, -0.2) is 29.9 Å². The molecule has 0 bridgehead atoms. The third-order valence-corrected chi connectivity index (χ3v) is 4.19. The topological polar surface area (TPSA) is 46.3 Å². The van der Waals surface area contributed by atoms with Crippen LogP contribution in [0.2, 0.25) is 0 Å². The van der Waals surface area contributed by atoms with E-state index in [1.54, 1.807) is 0 Å². The number of likely N-dealkylation sites (tertiary alicyclic amines) is 1. The zero-order valence-electron chi connectivity index (χ0n) is 11.8. The first kappa shape index (κ1) is 15.3. The van der Waals surface area contributed by atoms with Crippen molar-refractivity contribution in [2.45, 2.75) is 44.1 Å². The maximum absolute atomic E-state index is 12.2. The fourth-order valence-electron chi connectivity index (χ4n) is 2.85. The van der Waals surface area contributed by atoms with Crippen molar-refractivity contribution in [1.82, 2.24) is 4.90 Å². The molecule has 2 fully saturated rings. The number of hydrogen-bond acceptors (Lipinski definition) is 2. The van der Waals surface area contributed by atoms with Crippen molar-refractivity contribution in [2.75, 3.05) is 13.1 Å². The number of benzene rings is 1. The highest BCUT2D eigenvalue weighted by Gasteiger charge is 2.24. The van der Waals surface area contributed by atoms with Crippen LogP contribution in [-0.2, 0) is 11.2 Å². The molecule has 1 saturated carbocycles. The van der Waals surface area contributed by atoms with E-state index in [1.807, 2.05) is 4.90 Å². The van der Waals surface area contributed by atoms with Crippen LogP contribution in [0.4, 0.5) is 0 Å². The number of hydrogen-bond donors (Lipinski definition) is 1. The Morgan fingerprint density at radius 1 is 1.20 bits per heavy atom. The summed E-state index contributed by atoms with van der Waals surface area (Å²) in [4.78, 5) is 14.1. The molecule has 1 aromatic carbocycles. The van der Waals surface area contributed by atoms with Crippen LogP contribution >= 0.6 is 12.4 Å². The van der Waals surface area contributed by atoms with Gasteiger partial charge in [-0.15, -0.1) is 12.4 Å². The van der Waals surface area contributed by atoms with Crippen molar-refractivity contribution in [2.24, 2.45) is 5.73 Å². The molecule has 2 N–H and O–H groups in total. The van der Waals surface area contributed by atoms with Gasteiger partial charge in [0.1, 0.15) is 0 Å². The smallest absolute Gasteiger partial charge is 0.227 e. The predicted molar refractivity (Wildman–Crippen MR) is 83.2 cm³/mol. The fraction of sp³-hybridized carbons (Fsp3) is 0.562. The summed E-state index contributed by atoms with van der Waals surface area (Å²) >= 11 is 0. The van der Waals surface area contributed by atoms with Crippen molar-refractivity contribution in [3.05, 3.63) is 35.4 Å². The van der Waals surface area contributed by atoms with Crippen molar-refractivity contribution in [3.8, 4) is 0 Å². The molecule has 0 radical (unpaired) electrons. The van der Waals surface area contributed by atoms with E-state index >= 15 is 0 Å². The largest absolute Gasteiger partial charge is 0.341 e. The van der Waals surface area contributed by atoms with Crippen LogP contribution in [0, 0.1) is 0 Å². The molecule has 1 unspecified atom stereocenters. The van der Waals surface area contributed by atoms with Crippen LogP contribution in [0.5, 0.6) is 0 Å². The molecule has 1 saturated heterocycles. The molecule has 1 aromatic rings. The molecule has 2 aliphatic rings. The van der Waals surface area contributed by atoms with Gasteiger partial charge < -0.3 is 10.6 Å². The molecule has 1 aliphatic carbocycles. The van der Waals surface area contributed by atoms with Gasteiger partial charge in [0.2, 0.25) is 5.91 Å². The van der Waals surface area contributed by atoms with Crippen molar-refractivity contribution in [3.63, 3.8) is 0 Å². The zero-order valence-corrected chi connectivity index (χ0v) is 12.6. The number of piperidine rings is 1.